The van der Waals surface area contributed by atoms with Crippen LogP contribution < -0.4 is 10.4 Å². The Kier molecular flexibility index (Phi) is 2.29. The SMILES string of the molecule is O=C(O)Oc1nc2c3c([nH]c(=O)n2n1)CCCC3. The van der Waals surface area contributed by atoms with Gasteiger partial charge in [-0.15, -0.1) is 5.10 Å². The monoisotopic (exact) mass is 250 g/mol. The van der Waals surface area contributed by atoms with Gasteiger partial charge < -0.3 is 14.8 Å². The van der Waals surface area contributed by atoms with Crippen molar-refractivity contribution in [1.82, 2.24) is 19.6 Å². The van der Waals surface area contributed by atoms with E-state index in [1.165, 1.54) is 0 Å². The number of fused-ring (bicyclic) bond motifs is 3. The van der Waals surface area contributed by atoms with Gasteiger partial charge >= 0.3 is 17.9 Å². The number of rotatable bonds is 1. The lowest BCUT2D eigenvalue weighted by atomic mass is 9.97. The second-order valence-corrected chi connectivity index (χ2v) is 4.09. The van der Waals surface area contributed by atoms with Crippen LogP contribution in [0.15, 0.2) is 4.79 Å². The molecule has 2 N–H and O–H groups in total. The van der Waals surface area contributed by atoms with Gasteiger partial charge in [-0.3, -0.25) is 0 Å². The van der Waals surface area contributed by atoms with Crippen LogP contribution >= 0.6 is 0 Å². The van der Waals surface area contributed by atoms with Gasteiger partial charge in [-0.2, -0.15) is 9.50 Å². The van der Waals surface area contributed by atoms with E-state index in [1.807, 2.05) is 0 Å². The molecule has 0 saturated carbocycles. The molecule has 2 aromatic rings. The molecule has 1 aliphatic carbocycles. The molecular formula is C10H10N4O4. The first kappa shape index (κ1) is 10.8. The van der Waals surface area contributed by atoms with Gasteiger partial charge in [0.25, 0.3) is 0 Å². The number of hydrogen-bond acceptors (Lipinski definition) is 5. The largest absolute Gasteiger partial charge is 0.513 e. The lowest BCUT2D eigenvalue weighted by Gasteiger charge is -2.14. The van der Waals surface area contributed by atoms with Crippen LogP contribution in [-0.2, 0) is 12.8 Å². The summed E-state index contributed by atoms with van der Waals surface area (Å²) in [5.41, 5.74) is 1.71. The zero-order valence-corrected chi connectivity index (χ0v) is 9.34. The van der Waals surface area contributed by atoms with Crippen LogP contribution in [0.3, 0.4) is 0 Å². The van der Waals surface area contributed by atoms with Gasteiger partial charge in [0, 0.05) is 11.3 Å². The predicted octanol–water partition coefficient (Wildman–Crippen LogP) is 0.353. The summed E-state index contributed by atoms with van der Waals surface area (Å²) < 4.78 is 5.41. The normalized spacial score (nSPS) is 14.4. The van der Waals surface area contributed by atoms with Gasteiger partial charge in [0.05, 0.1) is 0 Å². The maximum absolute atomic E-state index is 11.8. The third-order valence-electron chi connectivity index (χ3n) is 2.95. The fraction of sp³-hybridized carbons (Fsp3) is 0.400. The van der Waals surface area contributed by atoms with Gasteiger partial charge in [0.2, 0.25) is 0 Å². The number of H-pyrrole nitrogens is 1. The quantitative estimate of drug-likeness (QED) is 0.707. The third-order valence-corrected chi connectivity index (χ3v) is 2.95. The minimum atomic E-state index is -1.50. The van der Waals surface area contributed by atoms with E-state index in [-0.39, 0.29) is 6.01 Å². The van der Waals surface area contributed by atoms with E-state index in [0.29, 0.717) is 5.65 Å². The molecule has 0 atom stereocenters. The zero-order valence-electron chi connectivity index (χ0n) is 9.34. The lowest BCUT2D eigenvalue weighted by Crippen LogP contribution is -2.23. The molecule has 18 heavy (non-hydrogen) atoms. The number of carboxylic acid groups (broad SMARTS) is 1. The first-order valence-electron chi connectivity index (χ1n) is 5.57. The molecular weight excluding hydrogens is 240 g/mol. The molecule has 1 aliphatic rings. The lowest BCUT2D eigenvalue weighted by molar-refractivity contribution is 0.140. The van der Waals surface area contributed by atoms with Crippen molar-refractivity contribution in [2.24, 2.45) is 0 Å². The van der Waals surface area contributed by atoms with Crippen LogP contribution in [0.5, 0.6) is 6.01 Å². The Morgan fingerprint density at radius 2 is 2.17 bits per heavy atom. The van der Waals surface area contributed by atoms with Crippen LogP contribution in [0, 0.1) is 0 Å². The molecule has 0 radical (unpaired) electrons. The molecule has 0 spiro atoms. The fourth-order valence-electron chi connectivity index (χ4n) is 2.22. The smallest absolute Gasteiger partial charge is 0.449 e. The Labute approximate surface area is 100 Å². The van der Waals surface area contributed by atoms with Gasteiger partial charge in [-0.1, -0.05) is 0 Å². The Balaban J connectivity index is 2.22. The van der Waals surface area contributed by atoms with E-state index in [9.17, 15) is 9.59 Å². The Morgan fingerprint density at radius 1 is 1.39 bits per heavy atom. The summed E-state index contributed by atoms with van der Waals surface area (Å²) in [6, 6.07) is -0.327. The number of nitrogens with one attached hydrogen (secondary N) is 1. The number of nitrogens with zero attached hydrogens (tertiary/aromatic N) is 3. The van der Waals surface area contributed by atoms with Gasteiger partial charge in [-0.25, -0.2) is 9.59 Å². The second-order valence-electron chi connectivity index (χ2n) is 4.09. The van der Waals surface area contributed by atoms with Crippen LogP contribution in [-0.4, -0.2) is 30.8 Å². The van der Waals surface area contributed by atoms with Gasteiger partial charge in [0.15, 0.2) is 5.65 Å². The van der Waals surface area contributed by atoms with Crippen molar-refractivity contribution in [3.63, 3.8) is 0 Å². The number of carbonyl (C=O) groups is 1. The van der Waals surface area contributed by atoms with Crippen molar-refractivity contribution < 1.29 is 14.6 Å². The molecule has 94 valence electrons. The molecule has 3 rings (SSSR count). The summed E-state index contributed by atoms with van der Waals surface area (Å²) in [4.78, 5) is 28.9. The molecule has 8 heteroatoms. The molecule has 2 heterocycles. The number of aryl methyl sites for hydroxylation is 2. The number of ether oxygens (including phenoxy) is 1. The van der Waals surface area contributed by atoms with Crippen molar-refractivity contribution in [2.75, 3.05) is 0 Å². The maximum atomic E-state index is 11.8. The first-order chi connectivity index (χ1) is 8.65. The highest BCUT2D eigenvalue weighted by molar-refractivity contribution is 5.60. The number of aromatic amines is 1. The Morgan fingerprint density at radius 3 is 2.94 bits per heavy atom. The molecule has 0 unspecified atom stereocenters. The summed E-state index contributed by atoms with van der Waals surface area (Å²) >= 11 is 0. The molecule has 0 fully saturated rings. The average Bonchev–Trinajstić information content (AvgIpc) is 2.73. The summed E-state index contributed by atoms with van der Waals surface area (Å²) in [7, 11) is 0. The summed E-state index contributed by atoms with van der Waals surface area (Å²) in [6.07, 6.45) is 2.11. The van der Waals surface area contributed by atoms with E-state index in [0.717, 1.165) is 41.5 Å². The van der Waals surface area contributed by atoms with Crippen molar-refractivity contribution in [1.29, 1.82) is 0 Å². The van der Waals surface area contributed by atoms with Crippen LogP contribution in [0.25, 0.3) is 5.65 Å². The average molecular weight is 250 g/mol. The molecule has 0 amide bonds. The number of aromatic nitrogens is 4. The van der Waals surface area contributed by atoms with Crippen molar-refractivity contribution in [3.05, 3.63) is 21.7 Å². The minimum Gasteiger partial charge on any atom is -0.449 e. The Bertz CT molecular complexity index is 687. The molecule has 0 saturated heterocycles. The van der Waals surface area contributed by atoms with Crippen LogP contribution in [0.1, 0.15) is 24.1 Å². The standard InChI is InChI=1S/C10H10N4O4/c15-9-11-6-4-2-1-3-5(6)7-12-8(13-14(7)9)18-10(16)17/h1-4H2,(H,11,15)(H,16,17). The second kappa shape index (κ2) is 3.83. The zero-order chi connectivity index (χ0) is 12.7. The number of hydrogen-bond donors (Lipinski definition) is 2. The molecule has 2 aromatic heterocycles. The molecule has 8 nitrogen and oxygen atoms in total. The summed E-state index contributed by atoms with van der Waals surface area (Å²) in [5.74, 6) is 0. The van der Waals surface area contributed by atoms with E-state index in [2.05, 4.69) is 19.8 Å². The van der Waals surface area contributed by atoms with Crippen molar-refractivity contribution >= 4 is 11.8 Å². The van der Waals surface area contributed by atoms with Gasteiger partial charge in [0.1, 0.15) is 0 Å². The third kappa shape index (κ3) is 1.62. The van der Waals surface area contributed by atoms with E-state index in [4.69, 9.17) is 5.11 Å². The minimum absolute atomic E-state index is 0.327. The predicted molar refractivity (Wildman–Crippen MR) is 58.9 cm³/mol. The van der Waals surface area contributed by atoms with Crippen molar-refractivity contribution in [2.45, 2.75) is 25.7 Å². The highest BCUT2D eigenvalue weighted by Crippen LogP contribution is 2.22. The highest BCUT2D eigenvalue weighted by Gasteiger charge is 2.19. The topological polar surface area (TPSA) is 110 Å². The summed E-state index contributed by atoms with van der Waals surface area (Å²) in [5, 5.41) is 12.2. The van der Waals surface area contributed by atoms with E-state index < -0.39 is 11.8 Å². The maximum Gasteiger partial charge on any atom is 0.513 e. The highest BCUT2D eigenvalue weighted by atomic mass is 16.7. The molecule has 0 bridgehead atoms. The first-order valence-corrected chi connectivity index (χ1v) is 5.57. The van der Waals surface area contributed by atoms with Crippen LogP contribution in [0.4, 0.5) is 4.79 Å². The van der Waals surface area contributed by atoms with Crippen molar-refractivity contribution in [3.8, 4) is 6.01 Å². The van der Waals surface area contributed by atoms with E-state index >= 15 is 0 Å². The van der Waals surface area contributed by atoms with E-state index in [1.54, 1.807) is 0 Å². The fourth-order valence-corrected chi connectivity index (χ4v) is 2.22. The molecule has 0 aliphatic heterocycles. The Hall–Kier alpha value is -2.38. The molecule has 0 aromatic carbocycles. The van der Waals surface area contributed by atoms with Crippen LogP contribution in [0.2, 0.25) is 0 Å². The summed E-state index contributed by atoms with van der Waals surface area (Å²) in [6.45, 7) is 0. The van der Waals surface area contributed by atoms with Gasteiger partial charge in [-0.05, 0) is 25.7 Å².